The van der Waals surface area contributed by atoms with E-state index in [2.05, 4.69) is 60.1 Å². The number of pyridine rings is 3. The number of nitrogens with two attached hydrogens (primary N) is 1. The van der Waals surface area contributed by atoms with Crippen LogP contribution in [0.5, 0.6) is 0 Å². The van der Waals surface area contributed by atoms with E-state index in [4.69, 9.17) is 21.0 Å². The fourth-order valence-electron chi connectivity index (χ4n) is 5.49. The Morgan fingerprint density at radius 3 is 2.50 bits per heavy atom. The monoisotopic (exact) mass is 581 g/mol. The summed E-state index contributed by atoms with van der Waals surface area (Å²) < 4.78 is 1.96. The Labute approximate surface area is 252 Å². The number of nitriles is 1. The van der Waals surface area contributed by atoms with Crippen molar-refractivity contribution < 1.29 is 0 Å². The zero-order chi connectivity index (χ0) is 30.0. The van der Waals surface area contributed by atoms with Gasteiger partial charge in [0.15, 0.2) is 11.5 Å². The molecule has 0 spiro atoms. The zero-order valence-corrected chi connectivity index (χ0v) is 23.6. The number of aromatic nitrogens is 7. The standard InChI is InChI=1S/C32H27N11O/c33-18-22-17-28(38-20-37-22)42-15-13-41(14-16-42)19-21-5-7-23(8-6-21)43-30(25-4-2-11-35-29(25)34)40-27-10-9-26(39-31(27)43)24-3-1-12-36-32(24)44/h1-12,17,20H,13-16,19H2,(H2,34,35)(H,36,44). The summed E-state index contributed by atoms with van der Waals surface area (Å²) in [5.41, 5.74) is 11.5. The lowest BCUT2D eigenvalue weighted by Gasteiger charge is -2.35. The number of piperazine rings is 1. The summed E-state index contributed by atoms with van der Waals surface area (Å²) >= 11 is 0. The third-order valence-electron chi connectivity index (χ3n) is 7.74. The van der Waals surface area contributed by atoms with E-state index in [1.807, 2.05) is 22.8 Å². The van der Waals surface area contributed by atoms with E-state index in [0.717, 1.165) is 44.2 Å². The molecule has 12 nitrogen and oxygen atoms in total. The molecule has 6 aromatic rings. The van der Waals surface area contributed by atoms with Crippen LogP contribution < -0.4 is 16.2 Å². The van der Waals surface area contributed by atoms with Gasteiger partial charge >= 0.3 is 0 Å². The van der Waals surface area contributed by atoms with Crippen LogP contribution in [0.3, 0.4) is 0 Å². The summed E-state index contributed by atoms with van der Waals surface area (Å²) in [6.07, 6.45) is 4.69. The first-order chi connectivity index (χ1) is 21.6. The number of benzene rings is 1. The Balaban J connectivity index is 1.18. The van der Waals surface area contributed by atoms with Gasteiger partial charge in [-0.2, -0.15) is 5.26 Å². The molecule has 5 aromatic heterocycles. The molecule has 44 heavy (non-hydrogen) atoms. The van der Waals surface area contributed by atoms with Gasteiger partial charge in [0.05, 0.1) is 16.8 Å². The van der Waals surface area contributed by atoms with Crippen molar-refractivity contribution in [2.75, 3.05) is 36.8 Å². The number of hydrogen-bond donors (Lipinski definition) is 2. The first kappa shape index (κ1) is 26.9. The molecule has 0 saturated carbocycles. The molecular weight excluding hydrogens is 554 g/mol. The van der Waals surface area contributed by atoms with Crippen molar-refractivity contribution in [3.05, 3.63) is 107 Å². The summed E-state index contributed by atoms with van der Waals surface area (Å²) in [7, 11) is 0. The van der Waals surface area contributed by atoms with Crippen LogP contribution >= 0.6 is 0 Å². The normalized spacial score (nSPS) is 13.7. The maximum absolute atomic E-state index is 12.5. The predicted octanol–water partition coefficient (Wildman–Crippen LogP) is 3.40. The molecule has 1 saturated heterocycles. The molecule has 1 aromatic carbocycles. The number of rotatable bonds is 6. The molecule has 7 rings (SSSR count). The maximum Gasteiger partial charge on any atom is 0.257 e. The molecule has 0 aliphatic carbocycles. The van der Waals surface area contributed by atoms with Gasteiger partial charge in [-0.05, 0) is 54.1 Å². The van der Waals surface area contributed by atoms with Gasteiger partial charge in [0.1, 0.15) is 35.2 Å². The minimum absolute atomic E-state index is 0.212. The van der Waals surface area contributed by atoms with Crippen LogP contribution in [0.15, 0.2) is 90.2 Å². The summed E-state index contributed by atoms with van der Waals surface area (Å²) in [5, 5.41) is 9.16. The van der Waals surface area contributed by atoms with Gasteiger partial charge in [0.25, 0.3) is 5.56 Å². The predicted molar refractivity (Wildman–Crippen MR) is 167 cm³/mol. The van der Waals surface area contributed by atoms with E-state index in [1.54, 1.807) is 36.7 Å². The van der Waals surface area contributed by atoms with E-state index in [9.17, 15) is 4.79 Å². The van der Waals surface area contributed by atoms with Gasteiger partial charge in [-0.25, -0.2) is 24.9 Å². The third kappa shape index (κ3) is 5.12. The highest BCUT2D eigenvalue weighted by Gasteiger charge is 2.21. The molecule has 0 radical (unpaired) electrons. The van der Waals surface area contributed by atoms with E-state index in [-0.39, 0.29) is 5.56 Å². The van der Waals surface area contributed by atoms with Crippen LogP contribution in [0, 0.1) is 11.3 Å². The highest BCUT2D eigenvalue weighted by Crippen LogP contribution is 2.31. The summed E-state index contributed by atoms with van der Waals surface area (Å²) in [6, 6.07) is 23.1. The van der Waals surface area contributed by atoms with Crippen molar-refractivity contribution in [3.8, 4) is 34.4 Å². The molecule has 6 heterocycles. The summed E-state index contributed by atoms with van der Waals surface area (Å²) in [4.78, 5) is 42.2. The smallest absolute Gasteiger partial charge is 0.257 e. The number of hydrogen-bond acceptors (Lipinski definition) is 10. The Bertz CT molecular complexity index is 2070. The molecule has 12 heteroatoms. The minimum Gasteiger partial charge on any atom is -0.383 e. The van der Waals surface area contributed by atoms with E-state index < -0.39 is 0 Å². The third-order valence-corrected chi connectivity index (χ3v) is 7.74. The SMILES string of the molecule is N#Cc1cc(N2CCN(Cc3ccc(-n4c(-c5cccnc5N)nc5ccc(-c6ccc[nH]c6=O)nc54)cc3)CC2)ncn1. The second kappa shape index (κ2) is 11.4. The number of fused-ring (bicyclic) bond motifs is 1. The first-order valence-electron chi connectivity index (χ1n) is 14.1. The zero-order valence-electron chi connectivity index (χ0n) is 23.6. The lowest BCUT2D eigenvalue weighted by Crippen LogP contribution is -2.46. The van der Waals surface area contributed by atoms with Crippen LogP contribution in [0.25, 0.3) is 39.5 Å². The van der Waals surface area contributed by atoms with Crippen molar-refractivity contribution in [3.63, 3.8) is 0 Å². The second-order valence-corrected chi connectivity index (χ2v) is 10.5. The molecule has 1 fully saturated rings. The number of nitrogens with zero attached hydrogens (tertiary/aromatic N) is 9. The molecule has 0 atom stereocenters. The molecule has 216 valence electrons. The van der Waals surface area contributed by atoms with Gasteiger partial charge in [0, 0.05) is 56.9 Å². The summed E-state index contributed by atoms with van der Waals surface area (Å²) in [6.45, 7) is 4.17. The highest BCUT2D eigenvalue weighted by molar-refractivity contribution is 5.84. The maximum atomic E-state index is 12.5. The number of anilines is 2. The average Bonchev–Trinajstić information content (AvgIpc) is 3.44. The molecule has 0 amide bonds. The van der Waals surface area contributed by atoms with Gasteiger partial charge in [-0.15, -0.1) is 0 Å². The summed E-state index contributed by atoms with van der Waals surface area (Å²) in [5.74, 6) is 1.77. The van der Waals surface area contributed by atoms with Gasteiger partial charge in [0.2, 0.25) is 0 Å². The number of aromatic amines is 1. The van der Waals surface area contributed by atoms with Crippen molar-refractivity contribution in [1.82, 2.24) is 39.4 Å². The lowest BCUT2D eigenvalue weighted by molar-refractivity contribution is 0.249. The lowest BCUT2D eigenvalue weighted by atomic mass is 10.1. The van der Waals surface area contributed by atoms with E-state index >= 15 is 0 Å². The Morgan fingerprint density at radius 2 is 1.73 bits per heavy atom. The van der Waals surface area contributed by atoms with Gasteiger partial charge in [-0.3, -0.25) is 14.3 Å². The van der Waals surface area contributed by atoms with Crippen LogP contribution in [0.1, 0.15) is 11.3 Å². The molecule has 1 aliphatic rings. The van der Waals surface area contributed by atoms with Crippen LogP contribution in [0.4, 0.5) is 11.6 Å². The largest absolute Gasteiger partial charge is 0.383 e. The van der Waals surface area contributed by atoms with Crippen molar-refractivity contribution in [1.29, 1.82) is 5.26 Å². The second-order valence-electron chi connectivity index (χ2n) is 10.5. The van der Waals surface area contributed by atoms with Crippen molar-refractivity contribution in [2.24, 2.45) is 0 Å². The molecule has 0 bridgehead atoms. The first-order valence-corrected chi connectivity index (χ1v) is 14.1. The average molecular weight is 582 g/mol. The topological polar surface area (TPSA) is 159 Å². The van der Waals surface area contributed by atoms with Crippen molar-refractivity contribution >= 4 is 22.8 Å². The number of nitrogen functional groups attached to an aromatic ring is 1. The van der Waals surface area contributed by atoms with Crippen LogP contribution in [-0.2, 0) is 6.54 Å². The van der Waals surface area contributed by atoms with E-state index in [0.29, 0.717) is 45.3 Å². The Kier molecular flexibility index (Phi) is 6.97. The van der Waals surface area contributed by atoms with Crippen LogP contribution in [0.2, 0.25) is 0 Å². The Hall–Kier alpha value is -5.93. The van der Waals surface area contributed by atoms with Gasteiger partial charge < -0.3 is 15.6 Å². The number of nitrogens with one attached hydrogen (secondary N) is 1. The van der Waals surface area contributed by atoms with Crippen molar-refractivity contribution in [2.45, 2.75) is 6.54 Å². The quantitative estimate of drug-likeness (QED) is 0.299. The Morgan fingerprint density at radius 1 is 0.909 bits per heavy atom. The molecule has 3 N–H and O–H groups in total. The molecule has 0 unspecified atom stereocenters. The van der Waals surface area contributed by atoms with Crippen LogP contribution in [-0.4, -0.2) is 65.5 Å². The van der Waals surface area contributed by atoms with Gasteiger partial charge in [-0.1, -0.05) is 12.1 Å². The minimum atomic E-state index is -0.212. The number of imidazole rings is 1. The highest BCUT2D eigenvalue weighted by atomic mass is 16.1. The molecular formula is C32H27N11O. The number of H-pyrrole nitrogens is 1. The fourth-order valence-corrected chi connectivity index (χ4v) is 5.49. The molecule has 1 aliphatic heterocycles. The van der Waals surface area contributed by atoms with E-state index in [1.165, 1.54) is 11.9 Å². The fraction of sp³-hybridized carbons (Fsp3) is 0.156.